The zero-order valence-electron chi connectivity index (χ0n) is 11.5. The van der Waals surface area contributed by atoms with Crippen LogP contribution in [0.3, 0.4) is 0 Å². The van der Waals surface area contributed by atoms with Crippen LogP contribution >= 0.6 is 11.6 Å². The first-order valence-corrected chi connectivity index (χ1v) is 6.36. The summed E-state index contributed by atoms with van der Waals surface area (Å²) in [5.74, 6) is -0.357. The van der Waals surface area contributed by atoms with E-state index in [-0.39, 0.29) is 10.7 Å². The van der Waals surface area contributed by atoms with Crippen molar-refractivity contribution >= 4 is 23.2 Å². The second kappa shape index (κ2) is 5.88. The van der Waals surface area contributed by atoms with Crippen molar-refractivity contribution in [1.82, 2.24) is 9.78 Å². The molecular formula is C13H11ClF3N3O2. The van der Waals surface area contributed by atoms with Gasteiger partial charge in [0.05, 0.1) is 12.1 Å². The van der Waals surface area contributed by atoms with Crippen LogP contribution in [0.25, 0.3) is 0 Å². The van der Waals surface area contributed by atoms with E-state index in [9.17, 15) is 18.0 Å². The number of rotatable bonds is 3. The molecule has 1 aromatic carbocycles. The maximum Gasteiger partial charge on any atom is 0.433 e. The van der Waals surface area contributed by atoms with Crippen LogP contribution in [0.4, 0.5) is 18.9 Å². The average Bonchev–Trinajstić information content (AvgIpc) is 2.81. The number of hydrogen-bond donors (Lipinski definition) is 1. The Morgan fingerprint density at radius 1 is 1.36 bits per heavy atom. The number of ether oxygens (including phenoxy) is 1. The molecule has 9 heteroatoms. The van der Waals surface area contributed by atoms with Crippen molar-refractivity contribution in [2.24, 2.45) is 7.05 Å². The van der Waals surface area contributed by atoms with Crippen LogP contribution in [-0.4, -0.2) is 22.8 Å². The number of benzene rings is 1. The van der Waals surface area contributed by atoms with Crippen LogP contribution in [0, 0.1) is 0 Å². The summed E-state index contributed by atoms with van der Waals surface area (Å²) < 4.78 is 43.6. The van der Waals surface area contributed by atoms with Gasteiger partial charge in [-0.25, -0.2) is 0 Å². The molecule has 1 aromatic heterocycles. The Morgan fingerprint density at radius 2 is 2.05 bits per heavy atom. The van der Waals surface area contributed by atoms with Crippen molar-refractivity contribution in [3.8, 4) is 5.75 Å². The predicted molar refractivity (Wildman–Crippen MR) is 74.2 cm³/mol. The summed E-state index contributed by atoms with van der Waals surface area (Å²) in [5.41, 5.74) is -1.04. The second-order valence-electron chi connectivity index (χ2n) is 4.34. The van der Waals surface area contributed by atoms with Gasteiger partial charge in [-0.3, -0.25) is 9.48 Å². The number of hydrogen-bond acceptors (Lipinski definition) is 3. The molecule has 1 heterocycles. The van der Waals surface area contributed by atoms with Crippen molar-refractivity contribution in [2.45, 2.75) is 6.18 Å². The number of anilines is 1. The highest BCUT2D eigenvalue weighted by Crippen LogP contribution is 2.30. The molecule has 22 heavy (non-hydrogen) atoms. The van der Waals surface area contributed by atoms with E-state index in [1.54, 1.807) is 0 Å². The van der Waals surface area contributed by atoms with Gasteiger partial charge in [0, 0.05) is 18.8 Å². The fourth-order valence-corrected chi connectivity index (χ4v) is 2.04. The zero-order chi connectivity index (χ0) is 16.5. The molecule has 0 bridgehead atoms. The van der Waals surface area contributed by atoms with Crippen LogP contribution in [-0.2, 0) is 13.2 Å². The Kier molecular flexibility index (Phi) is 4.32. The summed E-state index contributed by atoms with van der Waals surface area (Å²) in [6, 6.07) is 5.14. The van der Waals surface area contributed by atoms with E-state index in [2.05, 4.69) is 10.4 Å². The molecule has 0 aliphatic carbocycles. The number of halogens is 4. The highest BCUT2D eigenvalue weighted by atomic mass is 35.5. The van der Waals surface area contributed by atoms with E-state index in [0.29, 0.717) is 22.2 Å². The lowest BCUT2D eigenvalue weighted by atomic mass is 10.2. The van der Waals surface area contributed by atoms with Gasteiger partial charge in [-0.05, 0) is 18.2 Å². The minimum Gasteiger partial charge on any atom is -0.495 e. The topological polar surface area (TPSA) is 56.1 Å². The van der Waals surface area contributed by atoms with Crippen LogP contribution in [0.2, 0.25) is 5.02 Å². The van der Waals surface area contributed by atoms with Crippen molar-refractivity contribution in [1.29, 1.82) is 0 Å². The Balaban J connectivity index is 2.21. The summed E-state index contributed by atoms with van der Waals surface area (Å²) in [7, 11) is 2.55. The van der Waals surface area contributed by atoms with E-state index >= 15 is 0 Å². The fraction of sp³-hybridized carbons (Fsp3) is 0.231. The number of aromatic nitrogens is 2. The maximum absolute atomic E-state index is 12.7. The van der Waals surface area contributed by atoms with Crippen molar-refractivity contribution in [2.75, 3.05) is 12.4 Å². The summed E-state index contributed by atoms with van der Waals surface area (Å²) in [6.45, 7) is 0. The molecule has 0 atom stereocenters. The summed E-state index contributed by atoms with van der Waals surface area (Å²) in [6.07, 6.45) is -4.58. The number of carbonyl (C=O) groups excluding carboxylic acids is 1. The summed E-state index contributed by atoms with van der Waals surface area (Å²) in [4.78, 5) is 11.9. The van der Waals surface area contributed by atoms with E-state index in [1.165, 1.54) is 25.3 Å². The third-order valence-corrected chi connectivity index (χ3v) is 3.11. The molecule has 0 radical (unpaired) electrons. The van der Waals surface area contributed by atoms with Gasteiger partial charge in [0.15, 0.2) is 5.69 Å². The molecule has 0 fully saturated rings. The number of amides is 1. The van der Waals surface area contributed by atoms with Crippen molar-refractivity contribution in [3.05, 3.63) is 40.7 Å². The lowest BCUT2D eigenvalue weighted by molar-refractivity contribution is -0.143. The predicted octanol–water partition coefficient (Wildman–Crippen LogP) is 3.35. The average molecular weight is 334 g/mol. The Morgan fingerprint density at radius 3 is 2.55 bits per heavy atom. The third-order valence-electron chi connectivity index (χ3n) is 2.81. The van der Waals surface area contributed by atoms with Gasteiger partial charge >= 0.3 is 6.18 Å². The molecule has 0 unspecified atom stereocenters. The summed E-state index contributed by atoms with van der Waals surface area (Å²) in [5, 5.41) is 6.24. The van der Waals surface area contributed by atoms with Gasteiger partial charge in [-0.15, -0.1) is 0 Å². The van der Waals surface area contributed by atoms with Gasteiger partial charge in [0.25, 0.3) is 5.91 Å². The van der Waals surface area contributed by atoms with Crippen molar-refractivity contribution in [3.63, 3.8) is 0 Å². The molecule has 2 rings (SSSR count). The van der Waals surface area contributed by atoms with E-state index < -0.39 is 17.8 Å². The van der Waals surface area contributed by atoms with Gasteiger partial charge < -0.3 is 10.1 Å². The molecule has 5 nitrogen and oxygen atoms in total. The molecule has 0 spiro atoms. The smallest absolute Gasteiger partial charge is 0.433 e. The van der Waals surface area contributed by atoms with Crippen LogP contribution < -0.4 is 10.1 Å². The van der Waals surface area contributed by atoms with E-state index in [0.717, 1.165) is 7.05 Å². The molecule has 0 saturated carbocycles. The monoisotopic (exact) mass is 333 g/mol. The Hall–Kier alpha value is -2.22. The standard InChI is InChI=1S/C13H11ClF3N3O2/c1-20-11(13(15,16)17)6-9(19-20)12(21)18-7-3-4-10(22-2)8(14)5-7/h3-6H,1-2H3,(H,18,21). The number of methoxy groups -OCH3 is 1. The number of carbonyl (C=O) groups is 1. The lowest BCUT2D eigenvalue weighted by Crippen LogP contribution is -2.13. The minimum absolute atomic E-state index is 0.261. The lowest BCUT2D eigenvalue weighted by Gasteiger charge is -2.06. The van der Waals surface area contributed by atoms with Crippen LogP contribution in [0.1, 0.15) is 16.2 Å². The first-order chi connectivity index (χ1) is 10.2. The van der Waals surface area contributed by atoms with Gasteiger partial charge in [-0.2, -0.15) is 18.3 Å². The number of aryl methyl sites for hydroxylation is 1. The normalized spacial score (nSPS) is 11.4. The second-order valence-corrected chi connectivity index (χ2v) is 4.75. The van der Waals surface area contributed by atoms with Crippen molar-refractivity contribution < 1.29 is 22.7 Å². The highest BCUT2D eigenvalue weighted by molar-refractivity contribution is 6.32. The summed E-state index contributed by atoms with van der Waals surface area (Å²) >= 11 is 5.90. The maximum atomic E-state index is 12.7. The molecule has 118 valence electrons. The number of alkyl halides is 3. The number of nitrogens with one attached hydrogen (secondary N) is 1. The molecule has 1 amide bonds. The van der Waals surface area contributed by atoms with Crippen LogP contribution in [0.15, 0.2) is 24.3 Å². The Bertz CT molecular complexity index is 713. The third kappa shape index (κ3) is 3.33. The number of nitrogens with zero attached hydrogens (tertiary/aromatic N) is 2. The largest absolute Gasteiger partial charge is 0.495 e. The molecule has 0 aliphatic heterocycles. The first-order valence-electron chi connectivity index (χ1n) is 5.98. The molecule has 0 aliphatic rings. The highest BCUT2D eigenvalue weighted by Gasteiger charge is 2.35. The molecule has 0 saturated heterocycles. The van der Waals surface area contributed by atoms with E-state index in [4.69, 9.17) is 16.3 Å². The molecule has 1 N–H and O–H groups in total. The molecular weight excluding hydrogens is 323 g/mol. The van der Waals surface area contributed by atoms with E-state index in [1.807, 2.05) is 0 Å². The minimum atomic E-state index is -4.58. The van der Waals surface area contributed by atoms with Gasteiger partial charge in [0.2, 0.25) is 0 Å². The first kappa shape index (κ1) is 16.2. The fourth-order valence-electron chi connectivity index (χ4n) is 1.78. The van der Waals surface area contributed by atoms with Gasteiger partial charge in [0.1, 0.15) is 11.4 Å². The van der Waals surface area contributed by atoms with Gasteiger partial charge in [-0.1, -0.05) is 11.6 Å². The Labute approximate surface area is 128 Å². The zero-order valence-corrected chi connectivity index (χ0v) is 12.3. The quantitative estimate of drug-likeness (QED) is 0.937. The SMILES string of the molecule is COc1ccc(NC(=O)c2cc(C(F)(F)F)n(C)n2)cc1Cl. The van der Waals surface area contributed by atoms with Crippen LogP contribution in [0.5, 0.6) is 5.75 Å². The molecule has 2 aromatic rings.